The number of para-hydroxylation sites is 1. The Morgan fingerprint density at radius 1 is 1.24 bits per heavy atom. The molecule has 2 aromatic carbocycles. The second-order valence-electron chi connectivity index (χ2n) is 4.60. The Bertz CT molecular complexity index is 841. The molecule has 21 heavy (non-hydrogen) atoms. The first-order chi connectivity index (χ1) is 10.0. The zero-order chi connectivity index (χ0) is 15.0. The zero-order valence-electron chi connectivity index (χ0n) is 10.7. The van der Waals surface area contributed by atoms with Crippen molar-refractivity contribution in [3.8, 4) is 0 Å². The van der Waals surface area contributed by atoms with Crippen LogP contribution in [-0.4, -0.2) is 5.78 Å². The summed E-state index contributed by atoms with van der Waals surface area (Å²) >= 11 is 9.31. The van der Waals surface area contributed by atoms with Gasteiger partial charge < -0.3 is 4.42 Å². The first-order valence-electron chi connectivity index (χ1n) is 6.20. The van der Waals surface area contributed by atoms with Crippen molar-refractivity contribution in [3.05, 3.63) is 69.1 Å². The van der Waals surface area contributed by atoms with Crippen LogP contribution in [0.4, 0.5) is 4.39 Å². The molecule has 5 heteroatoms. The summed E-state index contributed by atoms with van der Waals surface area (Å²) in [5.41, 5.74) is 1.20. The van der Waals surface area contributed by atoms with Crippen LogP contribution in [0.1, 0.15) is 16.1 Å². The van der Waals surface area contributed by atoms with Crippen molar-refractivity contribution in [2.45, 2.75) is 6.42 Å². The number of Topliss-reactive ketones (excluding diaryl/α,β-unsaturated/α-hetero) is 1. The number of fused-ring (bicyclic) bond motifs is 1. The van der Waals surface area contributed by atoms with Gasteiger partial charge in [0.25, 0.3) is 0 Å². The number of carbonyl (C=O) groups excluding carboxylic acids is 1. The van der Waals surface area contributed by atoms with Gasteiger partial charge in [0.2, 0.25) is 5.78 Å². The average Bonchev–Trinajstić information content (AvgIpc) is 2.87. The minimum Gasteiger partial charge on any atom is -0.452 e. The van der Waals surface area contributed by atoms with E-state index in [1.54, 1.807) is 6.07 Å². The van der Waals surface area contributed by atoms with Crippen LogP contribution in [0.25, 0.3) is 11.0 Å². The molecule has 0 spiro atoms. The van der Waals surface area contributed by atoms with Crippen LogP contribution in [-0.2, 0) is 6.42 Å². The number of furan rings is 1. The number of rotatable bonds is 3. The van der Waals surface area contributed by atoms with Gasteiger partial charge in [-0.1, -0.05) is 29.8 Å². The van der Waals surface area contributed by atoms with Crippen molar-refractivity contribution in [1.82, 2.24) is 0 Å². The van der Waals surface area contributed by atoms with Gasteiger partial charge in [-0.25, -0.2) is 4.39 Å². The van der Waals surface area contributed by atoms with E-state index in [9.17, 15) is 9.18 Å². The first-order valence-corrected chi connectivity index (χ1v) is 7.37. The molecule has 0 aliphatic rings. The lowest BCUT2D eigenvalue weighted by molar-refractivity contribution is 0.0968. The molecule has 2 nitrogen and oxygen atoms in total. The summed E-state index contributed by atoms with van der Waals surface area (Å²) in [5.74, 6) is -0.368. The van der Waals surface area contributed by atoms with E-state index in [2.05, 4.69) is 15.9 Å². The fourth-order valence-corrected chi connectivity index (χ4v) is 2.79. The molecule has 0 aliphatic carbocycles. The summed E-state index contributed by atoms with van der Waals surface area (Å²) in [7, 11) is 0. The van der Waals surface area contributed by atoms with Gasteiger partial charge in [0, 0.05) is 16.8 Å². The van der Waals surface area contributed by atoms with Gasteiger partial charge in [-0.3, -0.25) is 4.79 Å². The van der Waals surface area contributed by atoms with Crippen molar-refractivity contribution < 1.29 is 13.6 Å². The predicted molar refractivity (Wildman–Crippen MR) is 83.4 cm³/mol. The Labute approximate surface area is 133 Å². The third-order valence-electron chi connectivity index (χ3n) is 3.14. The maximum atomic E-state index is 13.0. The SMILES string of the molecule is O=C(Cc1ccc(F)cc1Cl)c1cc2cccc(Br)c2o1. The summed E-state index contributed by atoms with van der Waals surface area (Å²) < 4.78 is 19.4. The van der Waals surface area contributed by atoms with E-state index in [1.165, 1.54) is 18.2 Å². The molecule has 0 bridgehead atoms. The lowest BCUT2D eigenvalue weighted by atomic mass is 10.1. The molecule has 0 N–H and O–H groups in total. The number of hydrogen-bond acceptors (Lipinski definition) is 2. The Morgan fingerprint density at radius 3 is 2.76 bits per heavy atom. The molecule has 0 aliphatic heterocycles. The predicted octanol–water partition coefficient (Wildman–Crippen LogP) is 5.41. The van der Waals surface area contributed by atoms with Crippen molar-refractivity contribution in [2.24, 2.45) is 0 Å². The second kappa shape index (κ2) is 5.62. The Kier molecular flexibility index (Phi) is 3.83. The second-order valence-corrected chi connectivity index (χ2v) is 5.87. The van der Waals surface area contributed by atoms with Gasteiger partial charge in [-0.2, -0.15) is 0 Å². The van der Waals surface area contributed by atoms with Crippen LogP contribution in [0.2, 0.25) is 5.02 Å². The van der Waals surface area contributed by atoms with Crippen LogP contribution >= 0.6 is 27.5 Å². The van der Waals surface area contributed by atoms with E-state index in [1.807, 2.05) is 18.2 Å². The molecular weight excluding hydrogens is 359 g/mol. The van der Waals surface area contributed by atoms with Gasteiger partial charge in [0.15, 0.2) is 5.76 Å². The molecule has 1 aromatic heterocycles. The summed E-state index contributed by atoms with van der Waals surface area (Å²) in [4.78, 5) is 12.3. The van der Waals surface area contributed by atoms with E-state index >= 15 is 0 Å². The number of ketones is 1. The monoisotopic (exact) mass is 366 g/mol. The van der Waals surface area contributed by atoms with E-state index in [0.29, 0.717) is 11.1 Å². The molecule has 0 fully saturated rings. The fraction of sp³-hybridized carbons (Fsp3) is 0.0625. The van der Waals surface area contributed by atoms with E-state index < -0.39 is 5.82 Å². The van der Waals surface area contributed by atoms with Crippen LogP contribution in [0, 0.1) is 5.82 Å². The van der Waals surface area contributed by atoms with Crippen molar-refractivity contribution in [3.63, 3.8) is 0 Å². The van der Waals surface area contributed by atoms with Crippen molar-refractivity contribution in [1.29, 1.82) is 0 Å². The topological polar surface area (TPSA) is 30.2 Å². The third kappa shape index (κ3) is 2.87. The fourth-order valence-electron chi connectivity index (χ4n) is 2.09. The minimum atomic E-state index is -0.427. The molecule has 0 saturated heterocycles. The molecule has 0 radical (unpaired) electrons. The summed E-state index contributed by atoms with van der Waals surface area (Å²) in [6.45, 7) is 0. The molecule has 0 atom stereocenters. The average molecular weight is 368 g/mol. The summed E-state index contributed by atoms with van der Waals surface area (Å²) in [5, 5.41) is 1.08. The maximum absolute atomic E-state index is 13.0. The molecule has 106 valence electrons. The molecule has 3 rings (SSSR count). The highest BCUT2D eigenvalue weighted by atomic mass is 79.9. The highest BCUT2D eigenvalue weighted by Gasteiger charge is 2.15. The van der Waals surface area contributed by atoms with E-state index in [0.717, 1.165) is 9.86 Å². The molecular formula is C16H9BrClFO2. The quantitative estimate of drug-likeness (QED) is 0.579. The van der Waals surface area contributed by atoms with Crippen LogP contribution in [0.5, 0.6) is 0 Å². The summed E-state index contributed by atoms with van der Waals surface area (Å²) in [6.07, 6.45) is 0.0660. The first kappa shape index (κ1) is 14.3. The van der Waals surface area contributed by atoms with E-state index in [4.69, 9.17) is 16.0 Å². The Balaban J connectivity index is 1.92. The zero-order valence-corrected chi connectivity index (χ0v) is 13.0. The standard InChI is InChI=1S/C16H9BrClFO2/c17-12-3-1-2-10-7-15(21-16(10)12)14(20)6-9-4-5-11(19)8-13(9)18/h1-5,7-8H,6H2. The number of carbonyl (C=O) groups is 1. The van der Waals surface area contributed by atoms with Gasteiger partial charge in [0.05, 0.1) is 4.47 Å². The van der Waals surface area contributed by atoms with Crippen LogP contribution in [0.15, 0.2) is 51.4 Å². The number of hydrogen-bond donors (Lipinski definition) is 0. The van der Waals surface area contributed by atoms with Gasteiger partial charge in [0.1, 0.15) is 11.4 Å². The summed E-state index contributed by atoms with van der Waals surface area (Å²) in [6, 6.07) is 11.3. The molecule has 0 saturated carbocycles. The lowest BCUT2D eigenvalue weighted by Crippen LogP contribution is -2.02. The Morgan fingerprint density at radius 2 is 2.05 bits per heavy atom. The normalized spacial score (nSPS) is 11.0. The molecule has 0 amide bonds. The van der Waals surface area contributed by atoms with Crippen molar-refractivity contribution >= 4 is 44.3 Å². The van der Waals surface area contributed by atoms with Gasteiger partial charge in [-0.15, -0.1) is 0 Å². The molecule has 0 unspecified atom stereocenters. The highest BCUT2D eigenvalue weighted by Crippen LogP contribution is 2.28. The van der Waals surface area contributed by atoms with Gasteiger partial charge >= 0.3 is 0 Å². The minimum absolute atomic E-state index is 0.0660. The maximum Gasteiger partial charge on any atom is 0.202 e. The smallest absolute Gasteiger partial charge is 0.202 e. The van der Waals surface area contributed by atoms with Crippen LogP contribution in [0.3, 0.4) is 0 Å². The Hall–Kier alpha value is -1.65. The van der Waals surface area contributed by atoms with Gasteiger partial charge in [-0.05, 0) is 45.8 Å². The molecule has 1 heterocycles. The van der Waals surface area contributed by atoms with E-state index in [-0.39, 0.29) is 23.0 Å². The number of benzene rings is 2. The largest absolute Gasteiger partial charge is 0.452 e. The third-order valence-corrected chi connectivity index (χ3v) is 4.11. The van der Waals surface area contributed by atoms with Crippen LogP contribution < -0.4 is 0 Å². The number of halogens is 3. The van der Waals surface area contributed by atoms with Crippen molar-refractivity contribution in [2.75, 3.05) is 0 Å². The highest BCUT2D eigenvalue weighted by molar-refractivity contribution is 9.10. The molecule has 3 aromatic rings. The lowest BCUT2D eigenvalue weighted by Gasteiger charge is -2.02.